The number of unbranched alkanes of at least 4 members (excludes halogenated alkanes) is 1. The lowest BCUT2D eigenvalue weighted by atomic mass is 9.97. The van der Waals surface area contributed by atoms with Crippen molar-refractivity contribution in [2.75, 3.05) is 6.73 Å². The van der Waals surface area contributed by atoms with E-state index in [2.05, 4.69) is 37.6 Å². The molecule has 252 valence electrons. The molecule has 0 heterocycles. The highest BCUT2D eigenvalue weighted by Crippen LogP contribution is 2.25. The van der Waals surface area contributed by atoms with Crippen LogP contribution in [0.5, 0.6) is 0 Å². The SMILES string of the molecule is CCCCC(=O)N(Cc1ccc(-c2ccccc2/C(N)=N/N(N)COC(=O)OCc2ccc(CO[N+](=O)[O-])cc2)cc1)C(C)C(C)C. The van der Waals surface area contributed by atoms with Crippen LogP contribution in [0, 0.1) is 16.0 Å². The Morgan fingerprint density at radius 3 is 2.15 bits per heavy atom. The van der Waals surface area contributed by atoms with Crippen LogP contribution in [0.2, 0.25) is 0 Å². The first-order chi connectivity index (χ1) is 22.5. The summed E-state index contributed by atoms with van der Waals surface area (Å²) in [6, 6.07) is 22.1. The Morgan fingerprint density at radius 1 is 0.915 bits per heavy atom. The largest absolute Gasteiger partial charge is 0.510 e. The van der Waals surface area contributed by atoms with Crippen LogP contribution >= 0.6 is 0 Å². The molecule has 0 aromatic heterocycles. The molecule has 0 fully saturated rings. The van der Waals surface area contributed by atoms with Gasteiger partial charge in [0.05, 0.1) is 0 Å². The molecule has 3 aromatic carbocycles. The summed E-state index contributed by atoms with van der Waals surface area (Å²) in [6.07, 6.45) is 1.43. The molecule has 0 bridgehead atoms. The van der Waals surface area contributed by atoms with Gasteiger partial charge in [-0.1, -0.05) is 100.0 Å². The summed E-state index contributed by atoms with van der Waals surface area (Å²) < 4.78 is 10.1. The summed E-state index contributed by atoms with van der Waals surface area (Å²) in [5, 5.41) is 14.5. The number of hydrazine groups is 1. The summed E-state index contributed by atoms with van der Waals surface area (Å²) in [4.78, 5) is 41.7. The van der Waals surface area contributed by atoms with Crippen LogP contribution < -0.4 is 11.6 Å². The number of benzene rings is 3. The highest BCUT2D eigenvalue weighted by atomic mass is 16.9. The number of hydrogen-bond donors (Lipinski definition) is 2. The average Bonchev–Trinajstić information content (AvgIpc) is 3.07. The van der Waals surface area contributed by atoms with Crippen molar-refractivity contribution in [3.8, 4) is 11.1 Å². The monoisotopic (exact) mass is 648 g/mol. The average molecular weight is 649 g/mol. The third-order valence-electron chi connectivity index (χ3n) is 7.61. The number of nitrogens with two attached hydrogens (primary N) is 2. The van der Waals surface area contributed by atoms with Crippen molar-refractivity contribution in [1.29, 1.82) is 0 Å². The lowest BCUT2D eigenvalue weighted by Crippen LogP contribution is -2.40. The van der Waals surface area contributed by atoms with Crippen LogP contribution in [0.4, 0.5) is 4.79 Å². The van der Waals surface area contributed by atoms with E-state index in [0.29, 0.717) is 35.6 Å². The first-order valence-corrected chi connectivity index (χ1v) is 15.5. The van der Waals surface area contributed by atoms with E-state index < -0.39 is 18.0 Å². The fourth-order valence-electron chi connectivity index (χ4n) is 4.62. The lowest BCUT2D eigenvalue weighted by Gasteiger charge is -2.32. The van der Waals surface area contributed by atoms with Crippen molar-refractivity contribution in [1.82, 2.24) is 10.0 Å². The molecule has 0 saturated heterocycles. The standard InChI is InChI=1S/C34H44N6O7/c1-5-6-11-32(41)38(25(4)24(2)3)20-26-16-18-29(19-17-26)30-9-7-8-10-31(30)33(35)37-39(36)23-46-34(42)45-21-27-12-14-28(15-13-27)22-47-40(43)44/h7-10,12-19,24-25H,5-6,11,20-23,36H2,1-4H3,(H2,35,37). The number of hydrazone groups is 1. The second kappa shape index (κ2) is 18.1. The van der Waals surface area contributed by atoms with Gasteiger partial charge in [-0.05, 0) is 47.1 Å². The molecule has 0 saturated carbocycles. The van der Waals surface area contributed by atoms with Gasteiger partial charge in [0, 0.05) is 24.6 Å². The van der Waals surface area contributed by atoms with Gasteiger partial charge < -0.3 is 24.9 Å². The molecule has 4 N–H and O–H groups in total. The molecular weight excluding hydrogens is 604 g/mol. The molecule has 0 aliphatic heterocycles. The van der Waals surface area contributed by atoms with Gasteiger partial charge in [-0.25, -0.2) is 10.6 Å². The molecule has 0 aliphatic carbocycles. The number of amidine groups is 1. The van der Waals surface area contributed by atoms with Crippen molar-refractivity contribution in [3.05, 3.63) is 105 Å². The van der Waals surface area contributed by atoms with Gasteiger partial charge >= 0.3 is 6.16 Å². The van der Waals surface area contributed by atoms with Crippen molar-refractivity contribution in [3.63, 3.8) is 0 Å². The van der Waals surface area contributed by atoms with Gasteiger partial charge in [-0.3, -0.25) is 4.79 Å². The molecule has 3 rings (SSSR count). The zero-order valence-electron chi connectivity index (χ0n) is 27.3. The molecule has 13 nitrogen and oxygen atoms in total. The van der Waals surface area contributed by atoms with Crippen LogP contribution in [0.15, 0.2) is 77.9 Å². The van der Waals surface area contributed by atoms with E-state index >= 15 is 0 Å². The van der Waals surface area contributed by atoms with Gasteiger partial charge in [0.2, 0.25) is 5.91 Å². The minimum Gasteiger partial charge on any atom is -0.429 e. The molecule has 0 radical (unpaired) electrons. The van der Waals surface area contributed by atoms with E-state index in [1.165, 1.54) is 0 Å². The third kappa shape index (κ3) is 11.6. The Morgan fingerprint density at radius 2 is 1.53 bits per heavy atom. The molecule has 0 aliphatic rings. The van der Waals surface area contributed by atoms with E-state index in [4.69, 9.17) is 21.1 Å². The van der Waals surface area contributed by atoms with Crippen LogP contribution in [0.1, 0.15) is 69.2 Å². The fraction of sp³-hybridized carbons (Fsp3) is 0.382. The molecule has 1 amide bonds. The minimum absolute atomic E-state index is 0.0820. The van der Waals surface area contributed by atoms with Gasteiger partial charge in [0.15, 0.2) is 12.6 Å². The van der Waals surface area contributed by atoms with Gasteiger partial charge in [-0.15, -0.1) is 15.2 Å². The van der Waals surface area contributed by atoms with E-state index in [0.717, 1.165) is 34.6 Å². The Kier molecular flexibility index (Phi) is 14.0. The lowest BCUT2D eigenvalue weighted by molar-refractivity contribution is -0.763. The first kappa shape index (κ1) is 36.3. The van der Waals surface area contributed by atoms with Crippen molar-refractivity contribution in [2.24, 2.45) is 22.6 Å². The molecule has 1 unspecified atom stereocenters. The number of rotatable bonds is 17. The number of hydrogen-bond acceptors (Lipinski definition) is 10. The molecule has 3 aromatic rings. The molecule has 1 atom stereocenters. The van der Waals surface area contributed by atoms with E-state index in [1.54, 1.807) is 24.3 Å². The first-order valence-electron chi connectivity index (χ1n) is 15.5. The van der Waals surface area contributed by atoms with Crippen LogP contribution in [0.25, 0.3) is 11.1 Å². The number of amides is 1. The van der Waals surface area contributed by atoms with E-state index in [-0.39, 0.29) is 31.0 Å². The zero-order chi connectivity index (χ0) is 34.3. The summed E-state index contributed by atoms with van der Waals surface area (Å²) in [7, 11) is 0. The maximum Gasteiger partial charge on any atom is 0.510 e. The maximum atomic E-state index is 13.0. The normalized spacial score (nSPS) is 11.9. The Bertz CT molecular complexity index is 1500. The van der Waals surface area contributed by atoms with Gasteiger partial charge in [0.25, 0.3) is 5.09 Å². The van der Waals surface area contributed by atoms with E-state index in [9.17, 15) is 19.7 Å². The Hall–Kier alpha value is -5.17. The van der Waals surface area contributed by atoms with Crippen LogP contribution in [-0.4, -0.2) is 45.8 Å². The second-order valence-electron chi connectivity index (χ2n) is 11.4. The highest BCUT2D eigenvalue weighted by Gasteiger charge is 2.22. The Balaban J connectivity index is 1.59. The van der Waals surface area contributed by atoms with Crippen molar-refractivity contribution in [2.45, 2.75) is 72.8 Å². The number of carbonyl (C=O) groups excluding carboxylic acids is 2. The smallest absolute Gasteiger partial charge is 0.429 e. The quantitative estimate of drug-likeness (QED) is 0.0349. The fourth-order valence-corrected chi connectivity index (χ4v) is 4.62. The molecule has 0 spiro atoms. The molecule has 13 heteroatoms. The zero-order valence-corrected chi connectivity index (χ0v) is 27.3. The molecular formula is C34H44N6O7. The summed E-state index contributed by atoms with van der Waals surface area (Å²) >= 11 is 0. The second-order valence-corrected chi connectivity index (χ2v) is 11.4. The van der Waals surface area contributed by atoms with Crippen LogP contribution in [0.3, 0.4) is 0 Å². The van der Waals surface area contributed by atoms with Gasteiger partial charge in [0.1, 0.15) is 13.2 Å². The highest BCUT2D eigenvalue weighted by molar-refractivity contribution is 6.03. The molecule has 47 heavy (non-hydrogen) atoms. The Labute approximate surface area is 275 Å². The summed E-state index contributed by atoms with van der Waals surface area (Å²) in [5.41, 5.74) is 11.0. The summed E-state index contributed by atoms with van der Waals surface area (Å²) in [5.74, 6) is 6.55. The predicted molar refractivity (Wildman–Crippen MR) is 177 cm³/mol. The van der Waals surface area contributed by atoms with Gasteiger partial charge in [-0.2, -0.15) is 5.12 Å². The predicted octanol–water partition coefficient (Wildman–Crippen LogP) is 5.73. The summed E-state index contributed by atoms with van der Waals surface area (Å²) in [6.45, 7) is 8.29. The number of nitrogens with zero attached hydrogens (tertiary/aromatic N) is 4. The van der Waals surface area contributed by atoms with Crippen molar-refractivity contribution >= 4 is 17.9 Å². The number of carbonyl (C=O) groups is 2. The third-order valence-corrected chi connectivity index (χ3v) is 7.61. The number of ether oxygens (including phenoxy) is 2. The topological polar surface area (TPSA) is 176 Å². The van der Waals surface area contributed by atoms with Crippen molar-refractivity contribution < 1.29 is 29.0 Å². The van der Waals surface area contributed by atoms with E-state index in [1.807, 2.05) is 53.4 Å². The van der Waals surface area contributed by atoms with Crippen LogP contribution in [-0.2, 0) is 38.9 Å². The minimum atomic E-state index is -0.969. The maximum absolute atomic E-state index is 13.0.